The Balaban J connectivity index is 0.00000121. The van der Waals surface area contributed by atoms with Crippen molar-refractivity contribution in [2.45, 2.75) is 0 Å². The molecule has 0 saturated carbocycles. The molecule has 0 atom stereocenters. The second-order valence-corrected chi connectivity index (χ2v) is 2.70. The van der Waals surface area contributed by atoms with Crippen molar-refractivity contribution in [3.05, 3.63) is 22.7 Å². The van der Waals surface area contributed by atoms with E-state index in [0.717, 1.165) is 0 Å². The van der Waals surface area contributed by atoms with Crippen molar-refractivity contribution in [1.29, 1.82) is 0 Å². The number of nitrogens with zero attached hydrogens (tertiary/aromatic N) is 2. The first-order chi connectivity index (χ1) is 5.25. The fourth-order valence-electron chi connectivity index (χ4n) is 0.615. The highest BCUT2D eigenvalue weighted by Gasteiger charge is 2.08. The zero-order valence-electron chi connectivity index (χ0n) is 6.03. The molecular weight excluding hydrogens is 245 g/mol. The summed E-state index contributed by atoms with van der Waals surface area (Å²) in [6, 6.07) is 0. The zero-order chi connectivity index (χ0) is 8.27. The molecule has 2 N–H and O–H groups in total. The van der Waals surface area contributed by atoms with Crippen molar-refractivity contribution in [1.82, 2.24) is 9.97 Å². The normalized spacial score (nSPS) is 8.83. The first-order valence-corrected chi connectivity index (χ1v) is 3.73. The summed E-state index contributed by atoms with van der Waals surface area (Å²) in [6.07, 6.45) is 2.82. The fourth-order valence-corrected chi connectivity index (χ4v) is 1.06. The van der Waals surface area contributed by atoms with E-state index in [0.29, 0.717) is 10.2 Å². The van der Waals surface area contributed by atoms with Gasteiger partial charge < -0.3 is 5.73 Å². The number of aromatic nitrogens is 2. The number of carbonyl (C=O) groups is 1. The predicted molar refractivity (Wildman–Crippen MR) is 50.4 cm³/mol. The minimum Gasteiger partial charge on any atom is -0.324 e. The highest BCUT2D eigenvalue weighted by molar-refractivity contribution is 9.10. The molecule has 6 heteroatoms. The Morgan fingerprint density at radius 3 is 2.83 bits per heavy atom. The summed E-state index contributed by atoms with van der Waals surface area (Å²) in [4.78, 5) is 18.5. The summed E-state index contributed by atoms with van der Waals surface area (Å²) in [5.41, 5.74) is 5.48. The monoisotopic (exact) mass is 251 g/mol. The Kier molecular flexibility index (Phi) is 4.96. The van der Waals surface area contributed by atoms with Gasteiger partial charge in [0.25, 0.3) is 0 Å². The van der Waals surface area contributed by atoms with Gasteiger partial charge in [0.2, 0.25) is 0 Å². The van der Waals surface area contributed by atoms with Crippen LogP contribution in [0.4, 0.5) is 0 Å². The van der Waals surface area contributed by atoms with Crippen molar-refractivity contribution in [3.8, 4) is 0 Å². The first-order valence-electron chi connectivity index (χ1n) is 2.94. The second kappa shape index (κ2) is 5.18. The molecule has 0 aliphatic carbocycles. The van der Waals surface area contributed by atoms with Crippen LogP contribution >= 0.6 is 28.3 Å². The smallest absolute Gasteiger partial charge is 0.195 e. The SMILES string of the molecule is Cl.NCC(=O)c1ncncc1Br. The summed E-state index contributed by atoms with van der Waals surface area (Å²) in [5, 5.41) is 0. The number of hydrogen-bond acceptors (Lipinski definition) is 4. The van der Waals surface area contributed by atoms with Gasteiger partial charge in [-0.1, -0.05) is 0 Å². The lowest BCUT2D eigenvalue weighted by Crippen LogP contribution is -2.15. The van der Waals surface area contributed by atoms with Crippen LogP contribution < -0.4 is 5.73 Å². The highest BCUT2D eigenvalue weighted by Crippen LogP contribution is 2.11. The van der Waals surface area contributed by atoms with E-state index in [-0.39, 0.29) is 24.7 Å². The number of Topliss-reactive ketones (excluding diaryl/α,β-unsaturated/α-hetero) is 1. The van der Waals surface area contributed by atoms with Crippen LogP contribution in [0.25, 0.3) is 0 Å². The van der Waals surface area contributed by atoms with Crippen LogP contribution in [0.5, 0.6) is 0 Å². The van der Waals surface area contributed by atoms with Crippen molar-refractivity contribution in [2.75, 3.05) is 6.54 Å². The van der Waals surface area contributed by atoms with Gasteiger partial charge in [-0.2, -0.15) is 0 Å². The number of carbonyl (C=O) groups excluding carboxylic acids is 1. The Bertz CT molecular complexity index is 281. The van der Waals surface area contributed by atoms with Crippen molar-refractivity contribution in [2.24, 2.45) is 5.73 Å². The Morgan fingerprint density at radius 2 is 2.33 bits per heavy atom. The van der Waals surface area contributed by atoms with Crippen LogP contribution in [0.15, 0.2) is 17.0 Å². The number of rotatable bonds is 2. The minimum atomic E-state index is -0.195. The summed E-state index contributed by atoms with van der Waals surface area (Å²) in [6.45, 7) is -0.0321. The van der Waals surface area contributed by atoms with Gasteiger partial charge >= 0.3 is 0 Å². The average Bonchev–Trinajstić information content (AvgIpc) is 2.04. The summed E-state index contributed by atoms with van der Waals surface area (Å²) >= 11 is 3.14. The largest absolute Gasteiger partial charge is 0.324 e. The highest BCUT2D eigenvalue weighted by atomic mass is 79.9. The Labute approximate surface area is 84.1 Å². The molecule has 0 aliphatic heterocycles. The lowest BCUT2D eigenvalue weighted by atomic mass is 10.3. The third-order valence-electron chi connectivity index (χ3n) is 1.12. The molecule has 0 bridgehead atoms. The number of halogens is 2. The molecule has 0 fully saturated rings. The minimum absolute atomic E-state index is 0. The van der Waals surface area contributed by atoms with Crippen molar-refractivity contribution < 1.29 is 4.79 Å². The van der Waals surface area contributed by atoms with Crippen molar-refractivity contribution in [3.63, 3.8) is 0 Å². The number of ketones is 1. The lowest BCUT2D eigenvalue weighted by molar-refractivity contribution is 0.0995. The van der Waals surface area contributed by atoms with Crippen LogP contribution in [0.2, 0.25) is 0 Å². The van der Waals surface area contributed by atoms with Crippen LogP contribution in [0.3, 0.4) is 0 Å². The maximum absolute atomic E-state index is 11.0. The summed E-state index contributed by atoms with van der Waals surface area (Å²) < 4.78 is 0.579. The van der Waals surface area contributed by atoms with E-state index in [1.807, 2.05) is 0 Å². The van der Waals surface area contributed by atoms with E-state index < -0.39 is 0 Å². The topological polar surface area (TPSA) is 68.9 Å². The summed E-state index contributed by atoms with van der Waals surface area (Å²) in [7, 11) is 0. The van der Waals surface area contributed by atoms with Gasteiger partial charge in [0, 0.05) is 6.20 Å². The molecule has 0 aromatic carbocycles. The average molecular weight is 252 g/mol. The maximum Gasteiger partial charge on any atom is 0.195 e. The van der Waals surface area contributed by atoms with Gasteiger partial charge in [-0.15, -0.1) is 12.4 Å². The van der Waals surface area contributed by atoms with E-state index in [1.54, 1.807) is 0 Å². The molecular formula is C6H7BrClN3O. The van der Waals surface area contributed by atoms with Gasteiger partial charge in [-0.3, -0.25) is 4.79 Å². The predicted octanol–water partition coefficient (Wildman–Crippen LogP) is 0.802. The zero-order valence-corrected chi connectivity index (χ0v) is 8.43. The molecule has 12 heavy (non-hydrogen) atoms. The van der Waals surface area contributed by atoms with Crippen LogP contribution in [-0.2, 0) is 0 Å². The van der Waals surface area contributed by atoms with Gasteiger partial charge in [-0.25, -0.2) is 9.97 Å². The quantitative estimate of drug-likeness (QED) is 0.791. The molecule has 0 spiro atoms. The summed E-state index contributed by atoms with van der Waals surface area (Å²) in [5.74, 6) is -0.195. The van der Waals surface area contributed by atoms with Gasteiger partial charge in [0.05, 0.1) is 11.0 Å². The molecule has 0 radical (unpaired) electrons. The molecule has 1 rings (SSSR count). The number of hydrogen-bond donors (Lipinski definition) is 1. The molecule has 0 amide bonds. The van der Waals surface area contributed by atoms with Gasteiger partial charge in [-0.05, 0) is 15.9 Å². The molecule has 0 aliphatic rings. The van der Waals surface area contributed by atoms with Crippen LogP contribution in [0, 0.1) is 0 Å². The van der Waals surface area contributed by atoms with E-state index in [4.69, 9.17) is 5.73 Å². The Morgan fingerprint density at radius 1 is 1.67 bits per heavy atom. The fraction of sp³-hybridized carbons (Fsp3) is 0.167. The first kappa shape index (κ1) is 11.5. The molecule has 1 aromatic rings. The molecule has 0 saturated heterocycles. The standard InChI is InChI=1S/C6H6BrN3O.ClH/c7-4-2-9-3-10-6(4)5(11)1-8;/h2-3H,1,8H2;1H. The Hall–Kier alpha value is -0.520. The van der Waals surface area contributed by atoms with E-state index >= 15 is 0 Å². The van der Waals surface area contributed by atoms with Crippen LogP contribution in [0.1, 0.15) is 10.5 Å². The van der Waals surface area contributed by atoms with Gasteiger partial charge in [0.15, 0.2) is 5.78 Å². The lowest BCUT2D eigenvalue weighted by Gasteiger charge is -1.96. The second-order valence-electron chi connectivity index (χ2n) is 1.85. The molecule has 0 unspecified atom stereocenters. The van der Waals surface area contributed by atoms with Crippen LogP contribution in [-0.4, -0.2) is 22.3 Å². The maximum atomic E-state index is 11.0. The van der Waals surface area contributed by atoms with Gasteiger partial charge in [0.1, 0.15) is 12.0 Å². The van der Waals surface area contributed by atoms with Crippen molar-refractivity contribution >= 4 is 34.1 Å². The molecule has 66 valence electrons. The van der Waals surface area contributed by atoms with E-state index in [1.165, 1.54) is 12.5 Å². The molecule has 1 aromatic heterocycles. The third kappa shape index (κ3) is 2.51. The molecule has 1 heterocycles. The number of nitrogens with two attached hydrogens (primary N) is 1. The third-order valence-corrected chi connectivity index (χ3v) is 1.70. The van der Waals surface area contributed by atoms with E-state index in [9.17, 15) is 4.79 Å². The van der Waals surface area contributed by atoms with E-state index in [2.05, 4.69) is 25.9 Å². The molecule has 4 nitrogen and oxygen atoms in total.